The third-order valence-electron chi connectivity index (χ3n) is 2.60. The fraction of sp³-hybridized carbons (Fsp3) is 0.133. The zero-order chi connectivity index (χ0) is 15.4. The van der Waals surface area contributed by atoms with Crippen LogP contribution < -0.4 is 10.5 Å². The van der Waals surface area contributed by atoms with Crippen LogP contribution in [0.15, 0.2) is 41.3 Å². The Morgan fingerprint density at radius 2 is 1.90 bits per heavy atom. The summed E-state index contributed by atoms with van der Waals surface area (Å²) in [5.41, 5.74) is 6.58. The fourth-order valence-corrected chi connectivity index (χ4v) is 3.45. The number of rotatable bonds is 5. The van der Waals surface area contributed by atoms with E-state index in [1.54, 1.807) is 30.0 Å². The molecule has 2 aromatic rings. The lowest BCUT2D eigenvalue weighted by Crippen LogP contribution is -2.12. The van der Waals surface area contributed by atoms with Crippen LogP contribution in [0.5, 0.6) is 11.5 Å². The topological polar surface area (TPSA) is 35.2 Å². The quantitative estimate of drug-likeness (QED) is 0.563. The predicted octanol–water partition coefficient (Wildman–Crippen LogP) is 5.53. The molecule has 21 heavy (non-hydrogen) atoms. The van der Waals surface area contributed by atoms with Gasteiger partial charge in [-0.25, -0.2) is 0 Å². The number of nitrogens with two attached hydrogens (primary N) is 1. The summed E-state index contributed by atoms with van der Waals surface area (Å²) >= 11 is 18.8. The molecule has 0 unspecified atom stereocenters. The molecule has 110 valence electrons. The molecule has 0 spiro atoms. The monoisotopic (exact) mass is 357 g/mol. The van der Waals surface area contributed by atoms with Crippen LogP contribution in [0, 0.1) is 0 Å². The average Bonchev–Trinajstić information content (AvgIpc) is 2.37. The van der Waals surface area contributed by atoms with Crippen molar-refractivity contribution in [1.82, 2.24) is 0 Å². The maximum absolute atomic E-state index is 5.98. The van der Waals surface area contributed by atoms with Crippen LogP contribution in [-0.4, -0.2) is 10.7 Å². The van der Waals surface area contributed by atoms with E-state index in [4.69, 9.17) is 45.9 Å². The van der Waals surface area contributed by atoms with Crippen molar-refractivity contribution in [3.8, 4) is 11.5 Å². The average molecular weight is 358 g/mol. The van der Waals surface area contributed by atoms with Gasteiger partial charge in [-0.2, -0.15) is 0 Å². The van der Waals surface area contributed by atoms with E-state index in [-0.39, 0.29) is 0 Å². The number of hydrogen-bond donors (Lipinski definition) is 1. The van der Waals surface area contributed by atoms with Crippen molar-refractivity contribution in [2.24, 2.45) is 5.73 Å². The van der Waals surface area contributed by atoms with Gasteiger partial charge in [0.1, 0.15) is 16.5 Å². The second kappa shape index (κ2) is 7.36. The summed E-state index contributed by atoms with van der Waals surface area (Å²) in [5.74, 6) is 2.06. The number of thioether (sulfide) groups is 1. The molecule has 0 saturated heterocycles. The highest BCUT2D eigenvalue weighted by Gasteiger charge is 2.13. The van der Waals surface area contributed by atoms with Crippen LogP contribution in [0.1, 0.15) is 12.5 Å². The molecule has 2 rings (SSSR count). The van der Waals surface area contributed by atoms with E-state index in [1.165, 1.54) is 0 Å². The van der Waals surface area contributed by atoms with Crippen LogP contribution in [0.25, 0.3) is 0 Å². The normalized spacial score (nSPS) is 10.4. The van der Waals surface area contributed by atoms with Gasteiger partial charge in [-0.05, 0) is 36.1 Å². The van der Waals surface area contributed by atoms with E-state index < -0.39 is 0 Å². The van der Waals surface area contributed by atoms with Crippen LogP contribution >= 0.6 is 47.2 Å². The highest BCUT2D eigenvalue weighted by molar-refractivity contribution is 7.99. The van der Waals surface area contributed by atoms with Crippen LogP contribution in [0.4, 0.5) is 0 Å². The van der Waals surface area contributed by atoms with Crippen LogP contribution in [0.2, 0.25) is 10.0 Å². The first kappa shape index (κ1) is 16.4. The Kier molecular flexibility index (Phi) is 5.76. The molecule has 0 aromatic heterocycles. The summed E-state index contributed by atoms with van der Waals surface area (Å²) in [6.45, 7) is 2.07. The smallest absolute Gasteiger partial charge is 0.138 e. The fourth-order valence-electron chi connectivity index (χ4n) is 1.83. The second-order valence-corrected chi connectivity index (χ2v) is 6.75. The van der Waals surface area contributed by atoms with Crippen molar-refractivity contribution in [3.63, 3.8) is 0 Å². The minimum Gasteiger partial charge on any atom is -0.456 e. The molecule has 0 aliphatic rings. The summed E-state index contributed by atoms with van der Waals surface area (Å²) in [6.07, 6.45) is 0. The van der Waals surface area contributed by atoms with E-state index in [2.05, 4.69) is 6.92 Å². The zero-order valence-electron chi connectivity index (χ0n) is 11.2. The van der Waals surface area contributed by atoms with Gasteiger partial charge >= 0.3 is 0 Å². The highest BCUT2D eigenvalue weighted by atomic mass is 35.5. The number of hydrogen-bond acceptors (Lipinski definition) is 3. The van der Waals surface area contributed by atoms with E-state index in [0.717, 1.165) is 16.2 Å². The van der Waals surface area contributed by atoms with Crippen molar-refractivity contribution in [1.29, 1.82) is 0 Å². The molecule has 6 heteroatoms. The van der Waals surface area contributed by atoms with Gasteiger partial charge in [-0.15, -0.1) is 11.8 Å². The van der Waals surface area contributed by atoms with Gasteiger partial charge in [0.15, 0.2) is 0 Å². The molecule has 0 fully saturated rings. The molecule has 0 aliphatic carbocycles. The first-order valence-electron chi connectivity index (χ1n) is 6.20. The lowest BCUT2D eigenvalue weighted by molar-refractivity contribution is 0.480. The van der Waals surface area contributed by atoms with E-state index in [9.17, 15) is 0 Å². The summed E-state index contributed by atoms with van der Waals surface area (Å²) in [6, 6.07) is 10.7. The molecule has 0 heterocycles. The van der Waals surface area contributed by atoms with Gasteiger partial charge in [0.05, 0.1) is 5.56 Å². The van der Waals surface area contributed by atoms with Crippen molar-refractivity contribution < 1.29 is 4.74 Å². The van der Waals surface area contributed by atoms with Gasteiger partial charge in [0.2, 0.25) is 0 Å². The number of halogens is 2. The maximum Gasteiger partial charge on any atom is 0.138 e. The Labute approximate surface area is 143 Å². The molecule has 0 atom stereocenters. The zero-order valence-corrected chi connectivity index (χ0v) is 14.4. The van der Waals surface area contributed by atoms with Gasteiger partial charge in [-0.1, -0.05) is 48.4 Å². The Morgan fingerprint density at radius 1 is 1.24 bits per heavy atom. The summed E-state index contributed by atoms with van der Waals surface area (Å²) in [5, 5.41) is 1.02. The molecular weight excluding hydrogens is 345 g/mol. The van der Waals surface area contributed by atoms with E-state index >= 15 is 0 Å². The molecule has 0 bridgehead atoms. The maximum atomic E-state index is 5.98. The van der Waals surface area contributed by atoms with Crippen molar-refractivity contribution >= 4 is 52.2 Å². The summed E-state index contributed by atoms with van der Waals surface area (Å²) in [7, 11) is 0. The first-order valence-corrected chi connectivity index (χ1v) is 8.35. The Morgan fingerprint density at radius 3 is 2.48 bits per heavy atom. The molecule has 0 saturated carbocycles. The van der Waals surface area contributed by atoms with Gasteiger partial charge < -0.3 is 10.5 Å². The molecule has 0 amide bonds. The largest absolute Gasteiger partial charge is 0.456 e. The minimum absolute atomic E-state index is 0.301. The van der Waals surface area contributed by atoms with Crippen LogP contribution in [0.3, 0.4) is 0 Å². The highest BCUT2D eigenvalue weighted by Crippen LogP contribution is 2.34. The Balaban J connectivity index is 2.43. The van der Waals surface area contributed by atoms with Crippen molar-refractivity contribution in [2.45, 2.75) is 11.8 Å². The summed E-state index contributed by atoms with van der Waals surface area (Å²) in [4.78, 5) is 1.30. The lowest BCUT2D eigenvalue weighted by atomic mass is 10.2. The van der Waals surface area contributed by atoms with Gasteiger partial charge in [-0.3, -0.25) is 0 Å². The van der Waals surface area contributed by atoms with Crippen molar-refractivity contribution in [3.05, 3.63) is 52.0 Å². The molecule has 2 N–H and O–H groups in total. The van der Waals surface area contributed by atoms with Gasteiger partial charge in [0.25, 0.3) is 0 Å². The van der Waals surface area contributed by atoms with E-state index in [0.29, 0.717) is 26.5 Å². The molecule has 0 radical (unpaired) electrons. The second-order valence-electron chi connectivity index (χ2n) is 4.13. The third-order valence-corrected chi connectivity index (χ3v) is 4.18. The third kappa shape index (κ3) is 4.27. The molecule has 2 nitrogen and oxygen atoms in total. The SMILES string of the molecule is CCSc1cccc(Oc2cc(Cl)cc(Cl)c2)c1C(N)=S. The predicted molar refractivity (Wildman–Crippen MR) is 95.3 cm³/mol. The summed E-state index contributed by atoms with van der Waals surface area (Å²) < 4.78 is 5.87. The van der Waals surface area contributed by atoms with Gasteiger partial charge in [0, 0.05) is 14.9 Å². The Hall–Kier alpha value is -0.940. The first-order chi connectivity index (χ1) is 10.0. The standard InChI is InChI=1S/C15H13Cl2NOS2/c1-2-21-13-5-3-4-12(14(13)15(18)20)19-11-7-9(16)6-10(17)8-11/h3-8H,2H2,1H3,(H2,18,20). The minimum atomic E-state index is 0.301. The number of thiocarbonyl (C=S) groups is 1. The molecule has 2 aromatic carbocycles. The lowest BCUT2D eigenvalue weighted by Gasteiger charge is -2.14. The number of benzene rings is 2. The number of ether oxygens (including phenoxy) is 1. The Bertz CT molecular complexity index is 656. The molecule has 0 aliphatic heterocycles. The van der Waals surface area contributed by atoms with E-state index in [1.807, 2.05) is 18.2 Å². The molecular formula is C15H13Cl2NOS2. The van der Waals surface area contributed by atoms with Crippen LogP contribution in [-0.2, 0) is 0 Å². The van der Waals surface area contributed by atoms with Crippen molar-refractivity contribution in [2.75, 3.05) is 5.75 Å².